The number of methoxy groups -OCH3 is 1. The number of hydrogen-bond donors (Lipinski definition) is 1. The van der Waals surface area contributed by atoms with E-state index in [0.717, 1.165) is 41.6 Å². The Kier molecular flexibility index (Phi) is 4.64. The number of fused-ring (bicyclic) bond motifs is 4. The Bertz CT molecular complexity index is 595. The second-order valence-electron chi connectivity index (χ2n) is 6.09. The van der Waals surface area contributed by atoms with Crippen molar-refractivity contribution >= 4 is 17.3 Å². The lowest BCUT2D eigenvalue weighted by molar-refractivity contribution is -0.0715. The summed E-state index contributed by atoms with van der Waals surface area (Å²) in [6.07, 6.45) is 1.75. The lowest BCUT2D eigenvalue weighted by atomic mass is 9.90. The van der Waals surface area contributed by atoms with Crippen LogP contribution < -0.4 is 14.8 Å². The fraction of sp³-hybridized carbons (Fsp3) is 0.588. The number of nitrogens with zero attached hydrogens (tertiary/aromatic N) is 1. The van der Waals surface area contributed by atoms with E-state index >= 15 is 0 Å². The maximum Gasteiger partial charge on any atom is 0.184 e. The molecule has 0 radical (unpaired) electrons. The summed E-state index contributed by atoms with van der Waals surface area (Å²) in [6.45, 7) is 6.21. The highest BCUT2D eigenvalue weighted by Gasteiger charge is 2.48. The Balaban J connectivity index is 1.91. The topological polar surface area (TPSA) is 43.0 Å². The van der Waals surface area contributed by atoms with Gasteiger partial charge in [-0.15, -0.1) is 0 Å². The van der Waals surface area contributed by atoms with E-state index in [4.69, 9.17) is 26.4 Å². The summed E-state index contributed by atoms with van der Waals surface area (Å²) in [6, 6.07) is 6.21. The Hall–Kier alpha value is -1.53. The highest BCUT2D eigenvalue weighted by molar-refractivity contribution is 7.80. The van der Waals surface area contributed by atoms with E-state index in [1.807, 2.05) is 19.1 Å². The molecule has 0 spiro atoms. The highest BCUT2D eigenvalue weighted by Crippen LogP contribution is 2.48. The predicted octanol–water partition coefficient (Wildman–Crippen LogP) is 2.85. The first-order chi connectivity index (χ1) is 11.1. The highest BCUT2D eigenvalue weighted by atomic mass is 32.1. The van der Waals surface area contributed by atoms with E-state index in [2.05, 4.69) is 23.2 Å². The molecule has 0 amide bonds. The van der Waals surface area contributed by atoms with Crippen molar-refractivity contribution in [1.82, 2.24) is 10.2 Å². The van der Waals surface area contributed by atoms with Gasteiger partial charge in [-0.25, -0.2) is 0 Å². The van der Waals surface area contributed by atoms with Crippen LogP contribution in [0, 0.1) is 0 Å². The minimum absolute atomic E-state index is 0.162. The number of thiocarbonyl (C=S) groups is 1. The second-order valence-corrected chi connectivity index (χ2v) is 6.48. The van der Waals surface area contributed by atoms with Gasteiger partial charge in [0.15, 0.2) is 22.3 Å². The number of hydrogen-bond acceptors (Lipinski definition) is 4. The van der Waals surface area contributed by atoms with E-state index in [1.54, 1.807) is 7.11 Å². The van der Waals surface area contributed by atoms with Crippen LogP contribution in [0.3, 0.4) is 0 Å². The Morgan fingerprint density at radius 3 is 3.04 bits per heavy atom. The van der Waals surface area contributed by atoms with Gasteiger partial charge in [0.1, 0.15) is 0 Å². The summed E-state index contributed by atoms with van der Waals surface area (Å²) >= 11 is 5.58. The lowest BCUT2D eigenvalue weighted by Gasteiger charge is -2.52. The molecule has 2 aliphatic heterocycles. The van der Waals surface area contributed by atoms with E-state index in [-0.39, 0.29) is 6.04 Å². The molecule has 3 rings (SSSR count). The Labute approximate surface area is 142 Å². The fourth-order valence-corrected chi connectivity index (χ4v) is 3.80. The minimum Gasteiger partial charge on any atom is -0.490 e. The van der Waals surface area contributed by atoms with Gasteiger partial charge < -0.3 is 24.4 Å². The molecule has 0 aromatic heterocycles. The van der Waals surface area contributed by atoms with E-state index < -0.39 is 5.72 Å². The molecule has 2 bridgehead atoms. The van der Waals surface area contributed by atoms with Gasteiger partial charge in [0.25, 0.3) is 0 Å². The van der Waals surface area contributed by atoms with Crippen molar-refractivity contribution in [2.75, 3.05) is 26.9 Å². The summed E-state index contributed by atoms with van der Waals surface area (Å²) in [5.41, 5.74) is 0.660. The van der Waals surface area contributed by atoms with Gasteiger partial charge in [-0.05, 0) is 38.6 Å². The van der Waals surface area contributed by atoms with Gasteiger partial charge in [0.2, 0.25) is 0 Å². The van der Waals surface area contributed by atoms with Crippen molar-refractivity contribution in [2.24, 2.45) is 0 Å². The number of rotatable bonds is 6. The van der Waals surface area contributed by atoms with Crippen molar-refractivity contribution in [1.29, 1.82) is 0 Å². The number of nitrogens with one attached hydrogen (secondary N) is 1. The van der Waals surface area contributed by atoms with Crippen molar-refractivity contribution in [3.05, 3.63) is 23.8 Å². The van der Waals surface area contributed by atoms with Gasteiger partial charge in [-0.1, -0.05) is 12.1 Å². The second kappa shape index (κ2) is 6.53. The third-order valence-electron chi connectivity index (χ3n) is 4.43. The summed E-state index contributed by atoms with van der Waals surface area (Å²) in [5, 5.41) is 4.20. The van der Waals surface area contributed by atoms with E-state index in [9.17, 15) is 0 Å². The normalized spacial score (nSPS) is 25.4. The number of para-hydroxylation sites is 1. The van der Waals surface area contributed by atoms with Gasteiger partial charge in [0, 0.05) is 32.2 Å². The first-order valence-electron chi connectivity index (χ1n) is 8.11. The quantitative estimate of drug-likeness (QED) is 0.636. The summed E-state index contributed by atoms with van der Waals surface area (Å²) in [5.74, 6) is 1.63. The molecule has 126 valence electrons. The zero-order valence-corrected chi connectivity index (χ0v) is 14.7. The van der Waals surface area contributed by atoms with Gasteiger partial charge in [-0.2, -0.15) is 0 Å². The van der Waals surface area contributed by atoms with Crippen LogP contribution in [0.1, 0.15) is 38.3 Å². The molecule has 1 aromatic rings. The van der Waals surface area contributed by atoms with Gasteiger partial charge in [-0.3, -0.25) is 0 Å². The maximum absolute atomic E-state index is 6.42. The molecule has 2 atom stereocenters. The molecular formula is C17H24N2O3S. The molecule has 1 saturated heterocycles. The smallest absolute Gasteiger partial charge is 0.184 e. The standard InChI is InChI=1S/C17H24N2O3S/c1-4-21-14-8-5-7-12-13-11-17(2,22-15(12)14)19(16(23)18-13)9-6-10-20-3/h5,7-8,13H,4,6,9-11H2,1-3H3,(H,18,23). The zero-order chi connectivity index (χ0) is 16.4. The lowest BCUT2D eigenvalue weighted by Crippen LogP contribution is -2.64. The molecule has 0 saturated carbocycles. The molecule has 23 heavy (non-hydrogen) atoms. The third-order valence-corrected chi connectivity index (χ3v) is 4.77. The summed E-state index contributed by atoms with van der Waals surface area (Å²) < 4.78 is 17.3. The van der Waals surface area contributed by atoms with Gasteiger partial charge >= 0.3 is 0 Å². The van der Waals surface area contributed by atoms with Crippen molar-refractivity contribution in [3.63, 3.8) is 0 Å². The third kappa shape index (κ3) is 2.97. The van der Waals surface area contributed by atoms with Crippen LogP contribution in [0.4, 0.5) is 0 Å². The van der Waals surface area contributed by atoms with Crippen LogP contribution in [-0.4, -0.2) is 42.6 Å². The fourth-order valence-electron chi connectivity index (χ4n) is 3.38. The molecule has 2 unspecified atom stereocenters. The summed E-state index contributed by atoms with van der Waals surface area (Å²) in [7, 11) is 1.71. The number of benzene rings is 1. The van der Waals surface area contributed by atoms with Crippen molar-refractivity contribution in [3.8, 4) is 11.5 Å². The van der Waals surface area contributed by atoms with Crippen LogP contribution in [-0.2, 0) is 4.74 Å². The largest absolute Gasteiger partial charge is 0.490 e. The van der Waals surface area contributed by atoms with Crippen molar-refractivity contribution < 1.29 is 14.2 Å². The molecule has 2 heterocycles. The van der Waals surface area contributed by atoms with Crippen LogP contribution in [0.5, 0.6) is 11.5 Å². The molecular weight excluding hydrogens is 312 g/mol. The molecule has 1 fully saturated rings. The molecule has 1 aromatic carbocycles. The van der Waals surface area contributed by atoms with E-state index in [1.165, 1.54) is 0 Å². The van der Waals surface area contributed by atoms with Gasteiger partial charge in [0.05, 0.1) is 12.6 Å². The molecule has 0 aliphatic carbocycles. The molecule has 6 heteroatoms. The SMILES string of the molecule is CCOc1cccc2c1OC1(C)CC2NC(=S)N1CCCOC. The molecule has 2 aliphatic rings. The first kappa shape index (κ1) is 16.3. The van der Waals surface area contributed by atoms with Crippen LogP contribution in [0.25, 0.3) is 0 Å². The minimum atomic E-state index is -0.457. The van der Waals surface area contributed by atoms with E-state index in [0.29, 0.717) is 13.2 Å². The van der Waals surface area contributed by atoms with Crippen molar-refractivity contribution in [2.45, 2.75) is 38.5 Å². The zero-order valence-electron chi connectivity index (χ0n) is 13.9. The Morgan fingerprint density at radius 2 is 2.30 bits per heavy atom. The first-order valence-corrected chi connectivity index (χ1v) is 8.51. The maximum atomic E-state index is 6.42. The average Bonchev–Trinajstić information content (AvgIpc) is 2.51. The average molecular weight is 336 g/mol. The molecule has 5 nitrogen and oxygen atoms in total. The van der Waals surface area contributed by atoms with Crippen LogP contribution in [0.2, 0.25) is 0 Å². The van der Waals surface area contributed by atoms with Crippen LogP contribution >= 0.6 is 12.2 Å². The molecule has 1 N–H and O–H groups in total. The predicted molar refractivity (Wildman–Crippen MR) is 92.9 cm³/mol. The van der Waals surface area contributed by atoms with Crippen LogP contribution in [0.15, 0.2) is 18.2 Å². The monoisotopic (exact) mass is 336 g/mol. The summed E-state index contributed by atoms with van der Waals surface area (Å²) in [4.78, 5) is 2.13. The number of ether oxygens (including phenoxy) is 3. The Morgan fingerprint density at radius 1 is 1.48 bits per heavy atom.